The maximum absolute atomic E-state index is 13.1. The number of carbonyl (C=O) groups excluding carboxylic acids is 1. The fourth-order valence-electron chi connectivity index (χ4n) is 4.50. The van der Waals surface area contributed by atoms with Gasteiger partial charge in [-0.1, -0.05) is 43.5 Å². The number of hydrogen-bond acceptors (Lipinski definition) is 4. The Morgan fingerprint density at radius 2 is 1.87 bits per heavy atom. The van der Waals surface area contributed by atoms with Gasteiger partial charge in [0.05, 0.1) is 28.5 Å². The van der Waals surface area contributed by atoms with Crippen LogP contribution in [0.15, 0.2) is 54.7 Å². The van der Waals surface area contributed by atoms with Crippen molar-refractivity contribution in [2.45, 2.75) is 38.0 Å². The van der Waals surface area contributed by atoms with Gasteiger partial charge in [-0.2, -0.15) is 0 Å². The number of para-hydroxylation sites is 2. The van der Waals surface area contributed by atoms with Gasteiger partial charge in [0.25, 0.3) is 5.91 Å². The highest BCUT2D eigenvalue weighted by atomic mass is 32.1. The second-order valence-electron chi connectivity index (χ2n) is 7.97. The highest BCUT2D eigenvalue weighted by Crippen LogP contribution is 2.44. The van der Waals surface area contributed by atoms with Crippen LogP contribution in [0.3, 0.4) is 0 Å². The van der Waals surface area contributed by atoms with Crippen molar-refractivity contribution in [2.75, 3.05) is 12.4 Å². The van der Waals surface area contributed by atoms with E-state index in [-0.39, 0.29) is 5.91 Å². The quantitative estimate of drug-likeness (QED) is 0.374. The van der Waals surface area contributed by atoms with E-state index in [0.717, 1.165) is 20.8 Å². The average Bonchev–Trinajstić information content (AvgIpc) is 3.43. The first kappa shape index (κ1) is 19.8. The van der Waals surface area contributed by atoms with Gasteiger partial charge in [-0.15, -0.1) is 11.3 Å². The summed E-state index contributed by atoms with van der Waals surface area (Å²) in [5, 5.41) is 4.04. The third kappa shape index (κ3) is 3.83. The molecule has 1 fully saturated rings. The molecule has 0 bridgehead atoms. The van der Waals surface area contributed by atoms with Crippen LogP contribution in [0.2, 0.25) is 0 Å². The van der Waals surface area contributed by atoms with Gasteiger partial charge in [0.15, 0.2) is 0 Å². The zero-order chi connectivity index (χ0) is 21.2. The normalized spacial score (nSPS) is 14.6. The topological polar surface area (TPSA) is 67.0 Å². The number of methoxy groups -OCH3 is 1. The Morgan fingerprint density at radius 1 is 1.10 bits per heavy atom. The molecule has 5 rings (SSSR count). The summed E-state index contributed by atoms with van der Waals surface area (Å²) < 4.78 is 6.53. The van der Waals surface area contributed by atoms with Crippen LogP contribution in [0.25, 0.3) is 20.8 Å². The average molecular weight is 432 g/mol. The van der Waals surface area contributed by atoms with Crippen LogP contribution in [-0.2, 0) is 0 Å². The largest absolute Gasteiger partial charge is 0.496 e. The third-order valence-corrected chi connectivity index (χ3v) is 7.11. The van der Waals surface area contributed by atoms with E-state index in [9.17, 15) is 4.79 Å². The van der Waals surface area contributed by atoms with Gasteiger partial charge < -0.3 is 15.0 Å². The van der Waals surface area contributed by atoms with E-state index in [0.29, 0.717) is 23.0 Å². The van der Waals surface area contributed by atoms with E-state index in [1.165, 1.54) is 37.7 Å². The van der Waals surface area contributed by atoms with Crippen molar-refractivity contribution in [2.24, 2.45) is 0 Å². The summed E-state index contributed by atoms with van der Waals surface area (Å²) in [6.07, 6.45) is 8.21. The minimum atomic E-state index is -0.197. The summed E-state index contributed by atoms with van der Waals surface area (Å²) in [7, 11) is 1.58. The lowest BCUT2D eigenvalue weighted by Gasteiger charge is -2.22. The molecule has 31 heavy (non-hydrogen) atoms. The Hall–Kier alpha value is -3.12. The van der Waals surface area contributed by atoms with E-state index in [1.54, 1.807) is 30.6 Å². The van der Waals surface area contributed by atoms with Crippen LogP contribution in [0.5, 0.6) is 5.75 Å². The number of anilines is 1. The summed E-state index contributed by atoms with van der Waals surface area (Å²) in [5.74, 6) is 1.55. The van der Waals surface area contributed by atoms with Crippen LogP contribution in [0.4, 0.5) is 5.82 Å². The fourth-order valence-corrected chi connectivity index (χ4v) is 5.53. The molecule has 1 saturated carbocycles. The summed E-state index contributed by atoms with van der Waals surface area (Å²) in [6.45, 7) is 0. The summed E-state index contributed by atoms with van der Waals surface area (Å²) in [4.78, 5) is 21.4. The number of thiazole rings is 1. The molecule has 0 aliphatic heterocycles. The summed E-state index contributed by atoms with van der Waals surface area (Å²) >= 11 is 1.67. The molecule has 5 nitrogen and oxygen atoms in total. The van der Waals surface area contributed by atoms with Gasteiger partial charge in [0.2, 0.25) is 0 Å². The maximum atomic E-state index is 13.1. The molecule has 1 aliphatic rings. The highest BCUT2D eigenvalue weighted by molar-refractivity contribution is 7.21. The number of fused-ring (bicyclic) bond motifs is 1. The number of benzene rings is 2. The van der Waals surface area contributed by atoms with Crippen molar-refractivity contribution in [1.29, 1.82) is 0 Å². The van der Waals surface area contributed by atoms with Crippen molar-refractivity contribution in [3.8, 4) is 16.3 Å². The second kappa shape index (κ2) is 8.55. The molecular formula is C25H25N3O2S. The molecule has 1 amide bonds. The molecule has 0 atom stereocenters. The van der Waals surface area contributed by atoms with Gasteiger partial charge in [0, 0.05) is 6.20 Å². The lowest BCUT2D eigenvalue weighted by molar-refractivity contribution is 0.102. The molecule has 2 heterocycles. The molecule has 6 heteroatoms. The molecule has 0 saturated heterocycles. The number of aromatic nitrogens is 2. The molecular weight excluding hydrogens is 406 g/mol. The monoisotopic (exact) mass is 431 g/mol. The van der Waals surface area contributed by atoms with E-state index in [1.807, 2.05) is 30.3 Å². The Balaban J connectivity index is 1.57. The number of rotatable bonds is 5. The molecule has 2 aromatic heterocycles. The Kier molecular flexibility index (Phi) is 5.47. The molecule has 0 unspecified atom stereocenters. The summed E-state index contributed by atoms with van der Waals surface area (Å²) in [5.41, 5.74) is 3.78. The van der Waals surface area contributed by atoms with E-state index >= 15 is 0 Å². The van der Waals surface area contributed by atoms with Crippen LogP contribution in [-0.4, -0.2) is 23.0 Å². The van der Waals surface area contributed by atoms with Crippen LogP contribution >= 0.6 is 11.3 Å². The predicted molar refractivity (Wildman–Crippen MR) is 126 cm³/mol. The number of nitrogens with one attached hydrogen (secondary N) is 2. The van der Waals surface area contributed by atoms with Crippen molar-refractivity contribution in [3.63, 3.8) is 0 Å². The second-order valence-corrected chi connectivity index (χ2v) is 9.00. The lowest BCUT2D eigenvalue weighted by Crippen LogP contribution is -2.14. The van der Waals surface area contributed by atoms with Crippen LogP contribution in [0.1, 0.15) is 53.9 Å². The van der Waals surface area contributed by atoms with Gasteiger partial charge in [-0.25, -0.2) is 4.98 Å². The Labute approximate surface area is 185 Å². The fraction of sp³-hybridized carbons (Fsp3) is 0.280. The van der Waals surface area contributed by atoms with Crippen LogP contribution in [0, 0.1) is 0 Å². The summed E-state index contributed by atoms with van der Waals surface area (Å²) in [6, 6.07) is 15.4. The van der Waals surface area contributed by atoms with Crippen molar-refractivity contribution < 1.29 is 9.53 Å². The maximum Gasteiger partial charge on any atom is 0.260 e. The van der Waals surface area contributed by atoms with E-state index < -0.39 is 0 Å². The number of aromatic amines is 1. The third-order valence-electron chi connectivity index (χ3n) is 6.05. The van der Waals surface area contributed by atoms with Gasteiger partial charge in [0.1, 0.15) is 16.6 Å². The molecule has 4 aromatic rings. The van der Waals surface area contributed by atoms with Gasteiger partial charge in [-0.05, 0) is 48.6 Å². The molecule has 2 N–H and O–H groups in total. The first-order valence-electron chi connectivity index (χ1n) is 10.8. The molecule has 1 aliphatic carbocycles. The zero-order valence-corrected chi connectivity index (χ0v) is 18.3. The minimum absolute atomic E-state index is 0.197. The number of ether oxygens (including phenoxy) is 1. The lowest BCUT2D eigenvalue weighted by atomic mass is 9.83. The number of carbonyl (C=O) groups is 1. The standard InChI is InChI=1S/C25H25N3O2S/c1-30-20-13-7-5-11-17(20)24(29)28-23-22(18(15-26-23)16-9-3-2-4-10-16)25-27-19-12-6-8-14-21(19)31-25/h5-8,11-16,26H,2-4,9-10H2,1H3,(H,28,29). The van der Waals surface area contributed by atoms with E-state index in [2.05, 4.69) is 22.6 Å². The van der Waals surface area contributed by atoms with Crippen molar-refractivity contribution >= 4 is 33.3 Å². The van der Waals surface area contributed by atoms with Gasteiger partial charge >= 0.3 is 0 Å². The number of hydrogen-bond donors (Lipinski definition) is 2. The van der Waals surface area contributed by atoms with Gasteiger partial charge in [-0.3, -0.25) is 4.79 Å². The number of nitrogens with zero attached hydrogens (tertiary/aromatic N) is 1. The predicted octanol–water partition coefficient (Wildman–Crippen LogP) is 6.60. The van der Waals surface area contributed by atoms with Crippen LogP contribution < -0.4 is 10.1 Å². The molecule has 158 valence electrons. The number of H-pyrrole nitrogens is 1. The van der Waals surface area contributed by atoms with Crippen molar-refractivity contribution in [3.05, 3.63) is 65.9 Å². The molecule has 2 aromatic carbocycles. The zero-order valence-electron chi connectivity index (χ0n) is 17.5. The van der Waals surface area contributed by atoms with E-state index in [4.69, 9.17) is 9.72 Å². The highest BCUT2D eigenvalue weighted by Gasteiger charge is 2.26. The smallest absolute Gasteiger partial charge is 0.260 e. The molecule has 0 spiro atoms. The first-order chi connectivity index (χ1) is 15.2. The minimum Gasteiger partial charge on any atom is -0.496 e. The Morgan fingerprint density at radius 3 is 2.68 bits per heavy atom. The number of amides is 1. The van der Waals surface area contributed by atoms with Crippen molar-refractivity contribution in [1.82, 2.24) is 9.97 Å². The first-order valence-corrected chi connectivity index (χ1v) is 11.6. The Bertz CT molecular complexity index is 1190. The SMILES string of the molecule is COc1ccccc1C(=O)Nc1[nH]cc(C2CCCCC2)c1-c1nc2ccccc2s1. The molecule has 0 radical (unpaired) electrons.